The second-order valence-corrected chi connectivity index (χ2v) is 16.7. The molecule has 2 saturated heterocycles. The molecule has 0 saturated carbocycles. The largest absolute Gasteiger partial charge is 0.493 e. The lowest BCUT2D eigenvalue weighted by atomic mass is 9.90. The molecule has 2 fully saturated rings. The van der Waals surface area contributed by atoms with Gasteiger partial charge in [0.05, 0.1) is 50.8 Å². The molecule has 0 radical (unpaired) electrons. The lowest BCUT2D eigenvalue weighted by Crippen LogP contribution is -2.44. The third kappa shape index (κ3) is 7.29. The second-order valence-electron chi connectivity index (χ2n) is 16.7. The summed E-state index contributed by atoms with van der Waals surface area (Å²) in [5, 5.41) is 7.22. The van der Waals surface area contributed by atoms with E-state index in [-0.39, 0.29) is 10.8 Å². The maximum Gasteiger partial charge on any atom is 0.343 e. The van der Waals surface area contributed by atoms with Crippen LogP contribution in [0.25, 0.3) is 54.2 Å². The van der Waals surface area contributed by atoms with Crippen LogP contribution in [0, 0.1) is 10.8 Å². The van der Waals surface area contributed by atoms with Crippen LogP contribution in [0.2, 0.25) is 0 Å². The molecule has 0 aromatic heterocycles. The van der Waals surface area contributed by atoms with E-state index in [1.165, 1.54) is 0 Å². The molecule has 8 nitrogen and oxygen atoms in total. The summed E-state index contributed by atoms with van der Waals surface area (Å²) < 4.78 is 35.6. The molecule has 0 atom stereocenters. The molecule has 0 amide bonds. The maximum atomic E-state index is 14.1. The SMILES string of the molecule is CC1(COc2ccc3cc(C(=O)Oc4ccc5ccccc5c4-c4c(OC(=O)c5ccc6cc(OCC7(C)COC7)ccc6c5)ccc5ccccc45)ccc3c2)COC1. The molecule has 0 spiro atoms. The van der Waals surface area contributed by atoms with E-state index in [2.05, 4.69) is 13.8 Å². The van der Waals surface area contributed by atoms with Crippen LogP contribution < -0.4 is 18.9 Å². The highest BCUT2D eigenvalue weighted by Crippen LogP contribution is 2.46. The number of carbonyl (C=O) groups excluding carboxylic acids is 2. The van der Waals surface area contributed by atoms with Gasteiger partial charge in [0.25, 0.3) is 0 Å². The lowest BCUT2D eigenvalue weighted by molar-refractivity contribution is -0.120. The van der Waals surface area contributed by atoms with E-state index in [1.807, 2.05) is 133 Å². The number of fused-ring (bicyclic) bond motifs is 4. The Bertz CT molecular complexity index is 2780. The van der Waals surface area contributed by atoms with Gasteiger partial charge in [0.1, 0.15) is 23.0 Å². The minimum atomic E-state index is -0.513. The van der Waals surface area contributed by atoms with Crippen LogP contribution in [0.15, 0.2) is 146 Å². The van der Waals surface area contributed by atoms with E-state index in [9.17, 15) is 9.59 Å². The first-order chi connectivity index (χ1) is 29.2. The molecule has 0 aliphatic carbocycles. The number of benzene rings is 8. The van der Waals surface area contributed by atoms with Gasteiger partial charge < -0.3 is 28.4 Å². The van der Waals surface area contributed by atoms with Crippen molar-refractivity contribution in [2.24, 2.45) is 10.8 Å². The summed E-state index contributed by atoms with van der Waals surface area (Å²) in [6, 6.07) is 46.0. The fourth-order valence-corrected chi connectivity index (χ4v) is 7.97. The van der Waals surface area contributed by atoms with Crippen LogP contribution >= 0.6 is 0 Å². The van der Waals surface area contributed by atoms with Crippen molar-refractivity contribution in [2.45, 2.75) is 13.8 Å². The maximum absolute atomic E-state index is 14.1. The molecule has 8 aromatic rings. The summed E-state index contributed by atoms with van der Waals surface area (Å²) in [5.74, 6) is 1.19. The molecule has 8 aromatic carbocycles. The molecule has 60 heavy (non-hydrogen) atoms. The van der Waals surface area contributed by atoms with Gasteiger partial charge in [-0.1, -0.05) is 98.8 Å². The van der Waals surface area contributed by atoms with Crippen molar-refractivity contribution < 1.29 is 38.0 Å². The molecule has 0 N–H and O–H groups in total. The van der Waals surface area contributed by atoms with Crippen molar-refractivity contribution in [2.75, 3.05) is 39.6 Å². The summed E-state index contributed by atoms with van der Waals surface area (Å²) in [6.45, 7) is 8.22. The Morgan fingerprint density at radius 3 is 1.27 bits per heavy atom. The average Bonchev–Trinajstić information content (AvgIpc) is 3.25. The zero-order chi connectivity index (χ0) is 40.8. The summed E-state index contributed by atoms with van der Waals surface area (Å²) in [5.41, 5.74) is 2.14. The second kappa shape index (κ2) is 15.1. The van der Waals surface area contributed by atoms with Gasteiger partial charge in [0.15, 0.2) is 0 Å². The van der Waals surface area contributed by atoms with E-state index in [0.717, 1.165) is 54.6 Å². The van der Waals surface area contributed by atoms with Gasteiger partial charge in [0.2, 0.25) is 0 Å². The van der Waals surface area contributed by atoms with Crippen molar-refractivity contribution in [3.63, 3.8) is 0 Å². The molecule has 0 bridgehead atoms. The summed E-state index contributed by atoms with van der Waals surface area (Å²) in [7, 11) is 0. The minimum absolute atomic E-state index is 0.0293. The van der Waals surface area contributed by atoms with Crippen LogP contribution in [0.3, 0.4) is 0 Å². The van der Waals surface area contributed by atoms with Gasteiger partial charge in [-0.25, -0.2) is 9.59 Å². The van der Waals surface area contributed by atoms with Gasteiger partial charge >= 0.3 is 11.9 Å². The van der Waals surface area contributed by atoms with Crippen LogP contribution in [0.5, 0.6) is 23.0 Å². The summed E-state index contributed by atoms with van der Waals surface area (Å²) in [6.07, 6.45) is 0. The number of esters is 2. The van der Waals surface area contributed by atoms with Crippen molar-refractivity contribution in [3.8, 4) is 34.1 Å². The van der Waals surface area contributed by atoms with E-state index in [4.69, 9.17) is 28.4 Å². The van der Waals surface area contributed by atoms with Crippen molar-refractivity contribution in [1.82, 2.24) is 0 Å². The first-order valence-electron chi connectivity index (χ1n) is 20.2. The first kappa shape index (κ1) is 37.5. The molecule has 2 aliphatic rings. The Balaban J connectivity index is 0.971. The van der Waals surface area contributed by atoms with Gasteiger partial charge in [-0.3, -0.25) is 0 Å². The zero-order valence-corrected chi connectivity index (χ0v) is 33.4. The van der Waals surface area contributed by atoms with E-state index >= 15 is 0 Å². The Morgan fingerprint density at radius 2 is 0.850 bits per heavy atom. The van der Waals surface area contributed by atoms with Gasteiger partial charge in [-0.15, -0.1) is 0 Å². The number of ether oxygens (including phenoxy) is 6. The monoisotopic (exact) mass is 794 g/mol. The highest BCUT2D eigenvalue weighted by Gasteiger charge is 2.35. The topological polar surface area (TPSA) is 89.5 Å². The van der Waals surface area contributed by atoms with E-state index < -0.39 is 11.9 Å². The van der Waals surface area contributed by atoms with Gasteiger partial charge in [0, 0.05) is 22.0 Å². The molecule has 2 aliphatic heterocycles. The normalized spacial score (nSPS) is 15.3. The molecular weight excluding hydrogens is 753 g/mol. The van der Waals surface area contributed by atoms with Crippen molar-refractivity contribution >= 4 is 55.0 Å². The highest BCUT2D eigenvalue weighted by atomic mass is 16.5. The number of hydrogen-bond acceptors (Lipinski definition) is 8. The Hall–Kier alpha value is -6.74. The smallest absolute Gasteiger partial charge is 0.343 e. The third-order valence-electron chi connectivity index (χ3n) is 11.5. The number of rotatable bonds is 11. The van der Waals surface area contributed by atoms with Crippen molar-refractivity contribution in [1.29, 1.82) is 0 Å². The predicted molar refractivity (Wildman–Crippen MR) is 234 cm³/mol. The van der Waals surface area contributed by atoms with Gasteiger partial charge in [-0.05, 0) is 104 Å². The average molecular weight is 795 g/mol. The molecule has 2 heterocycles. The van der Waals surface area contributed by atoms with Crippen LogP contribution in [-0.4, -0.2) is 51.6 Å². The third-order valence-corrected chi connectivity index (χ3v) is 11.5. The summed E-state index contributed by atoms with van der Waals surface area (Å²) in [4.78, 5) is 28.2. The molecule has 0 unspecified atom stereocenters. The fraction of sp³-hybridized carbons (Fsp3) is 0.192. The van der Waals surface area contributed by atoms with Crippen LogP contribution in [-0.2, 0) is 9.47 Å². The molecule has 8 heteroatoms. The molecule has 298 valence electrons. The minimum Gasteiger partial charge on any atom is -0.493 e. The van der Waals surface area contributed by atoms with E-state index in [0.29, 0.717) is 73.4 Å². The standard InChI is InChI=1S/C52H42O8/c1-51(27-55-28-51)31-57-41-19-15-35-23-39(13-11-37(35)25-41)49(53)59-45-21-17-33-7-3-5-9-43(33)47(45)48-44-10-6-4-8-34(44)18-22-46(48)60-50(54)40-14-12-38-26-42(20-16-36(38)24-40)58-32-52(2)29-56-30-52/h3-26H,27-32H2,1-2H3. The fourth-order valence-electron chi connectivity index (χ4n) is 7.97. The molecular formula is C52H42O8. The molecule has 10 rings (SSSR count). The van der Waals surface area contributed by atoms with E-state index in [1.54, 1.807) is 12.1 Å². The Morgan fingerprint density at radius 1 is 0.467 bits per heavy atom. The highest BCUT2D eigenvalue weighted by molar-refractivity contribution is 6.11. The predicted octanol–water partition coefficient (Wildman–Crippen LogP) is 11.2. The number of hydrogen-bond donors (Lipinski definition) is 0. The quantitative estimate of drug-likeness (QED) is 0.0944. The van der Waals surface area contributed by atoms with Gasteiger partial charge in [-0.2, -0.15) is 0 Å². The lowest BCUT2D eigenvalue weighted by Gasteiger charge is -2.37. The van der Waals surface area contributed by atoms with Crippen LogP contribution in [0.1, 0.15) is 34.6 Å². The van der Waals surface area contributed by atoms with Crippen LogP contribution in [0.4, 0.5) is 0 Å². The summed E-state index contributed by atoms with van der Waals surface area (Å²) >= 11 is 0. The Kier molecular flexibility index (Phi) is 9.46. The zero-order valence-electron chi connectivity index (χ0n) is 33.4. The Labute approximate surface area is 347 Å². The number of carbonyl (C=O) groups is 2. The van der Waals surface area contributed by atoms with Crippen molar-refractivity contribution in [3.05, 3.63) is 157 Å². The first-order valence-corrected chi connectivity index (χ1v) is 20.2.